The van der Waals surface area contributed by atoms with E-state index in [1.165, 1.54) is 18.1 Å². The van der Waals surface area contributed by atoms with Gasteiger partial charge in [-0.2, -0.15) is 0 Å². The smallest absolute Gasteiger partial charge is 0.306 e. The number of aromatic nitrogens is 1. The van der Waals surface area contributed by atoms with Gasteiger partial charge in [0.05, 0.1) is 18.7 Å². The zero-order valence-corrected chi connectivity index (χ0v) is 20.6. The fourth-order valence-corrected chi connectivity index (χ4v) is 5.83. The molecule has 9 heteroatoms. The van der Waals surface area contributed by atoms with E-state index in [1.807, 2.05) is 19.9 Å². The topological polar surface area (TPSA) is 109 Å². The van der Waals surface area contributed by atoms with E-state index < -0.39 is 29.8 Å². The summed E-state index contributed by atoms with van der Waals surface area (Å²) in [5.74, 6) is -2.50. The first-order chi connectivity index (χ1) is 17.1. The van der Waals surface area contributed by atoms with Crippen LogP contribution in [0.4, 0.5) is 10.1 Å². The van der Waals surface area contributed by atoms with Crippen molar-refractivity contribution in [2.24, 2.45) is 11.8 Å². The van der Waals surface area contributed by atoms with Crippen molar-refractivity contribution in [3.63, 3.8) is 0 Å². The van der Waals surface area contributed by atoms with Crippen LogP contribution in [0.15, 0.2) is 24.3 Å². The van der Waals surface area contributed by atoms with Gasteiger partial charge in [0.15, 0.2) is 0 Å². The number of anilines is 1. The number of pyridine rings is 1. The first kappa shape index (κ1) is 24.2. The second-order valence-electron chi connectivity index (χ2n) is 10.6. The SMILES string of the molecule is COc1ccc2c(n1)CCN(C(=O)C1CC(C(=O)O)C1)[C@H]2C(=O)Nc1cc(F)c2c(c1)CCC2(C)C. The summed E-state index contributed by atoms with van der Waals surface area (Å²) in [6, 6.07) is 5.58. The van der Waals surface area contributed by atoms with Crippen molar-refractivity contribution < 1.29 is 28.6 Å². The minimum atomic E-state index is -0.962. The maximum Gasteiger partial charge on any atom is 0.306 e. The lowest BCUT2D eigenvalue weighted by Crippen LogP contribution is -2.50. The maximum absolute atomic E-state index is 15.0. The van der Waals surface area contributed by atoms with Crippen LogP contribution in [-0.4, -0.2) is 46.4 Å². The number of halogens is 1. The molecule has 0 radical (unpaired) electrons. The zero-order chi connectivity index (χ0) is 25.8. The summed E-state index contributed by atoms with van der Waals surface area (Å²) in [5, 5.41) is 12.0. The van der Waals surface area contributed by atoms with Gasteiger partial charge in [0.25, 0.3) is 5.91 Å². The number of aliphatic carboxylic acids is 1. The van der Waals surface area contributed by atoms with Gasteiger partial charge in [-0.15, -0.1) is 0 Å². The standard InChI is InChI=1S/C27H30FN3O5/c1-27(2)8-6-14-12-17(13-19(28)22(14)27)29-24(32)23-18-4-5-21(36-3)30-20(18)7-9-31(23)25(33)15-10-16(11-15)26(34)35/h4-5,12-13,15-16,23H,6-11H2,1-3H3,(H,29,32)(H,34,35)/t15?,16?,23-/m1/s1. The summed E-state index contributed by atoms with van der Waals surface area (Å²) >= 11 is 0. The number of carbonyl (C=O) groups is 3. The molecule has 1 aromatic heterocycles. The number of hydrogen-bond acceptors (Lipinski definition) is 5. The second kappa shape index (κ2) is 8.87. The van der Waals surface area contributed by atoms with Crippen LogP contribution in [0.3, 0.4) is 0 Å². The Morgan fingerprint density at radius 1 is 1.17 bits per heavy atom. The summed E-state index contributed by atoms with van der Waals surface area (Å²) in [7, 11) is 1.51. The Bertz CT molecular complexity index is 1250. The Hall–Kier alpha value is -3.49. The number of ether oxygens (including phenoxy) is 1. The summed E-state index contributed by atoms with van der Waals surface area (Å²) in [4.78, 5) is 44.3. The lowest BCUT2D eigenvalue weighted by Gasteiger charge is -2.41. The Kier molecular flexibility index (Phi) is 5.97. The molecule has 1 atom stereocenters. The second-order valence-corrected chi connectivity index (χ2v) is 10.6. The molecule has 0 bridgehead atoms. The van der Waals surface area contributed by atoms with Crippen molar-refractivity contribution in [1.82, 2.24) is 9.88 Å². The van der Waals surface area contributed by atoms with Crippen molar-refractivity contribution in [3.8, 4) is 5.88 Å². The highest BCUT2D eigenvalue weighted by molar-refractivity contribution is 5.99. The number of carboxylic acid groups (broad SMARTS) is 1. The maximum atomic E-state index is 15.0. The first-order valence-electron chi connectivity index (χ1n) is 12.3. The normalized spacial score (nSPS) is 23.8. The predicted molar refractivity (Wildman–Crippen MR) is 129 cm³/mol. The molecular formula is C27H30FN3O5. The molecule has 5 rings (SSSR count). The van der Waals surface area contributed by atoms with Crippen LogP contribution in [0.25, 0.3) is 0 Å². The van der Waals surface area contributed by atoms with Gasteiger partial charge in [0.1, 0.15) is 11.9 Å². The van der Waals surface area contributed by atoms with E-state index in [2.05, 4.69) is 10.3 Å². The molecule has 0 saturated heterocycles. The third-order valence-corrected chi connectivity index (χ3v) is 7.89. The molecule has 1 saturated carbocycles. The molecule has 1 fully saturated rings. The fourth-order valence-electron chi connectivity index (χ4n) is 5.83. The minimum absolute atomic E-state index is 0.240. The molecule has 190 valence electrons. The van der Waals surface area contributed by atoms with Gasteiger partial charge < -0.3 is 20.1 Å². The number of rotatable bonds is 5. The molecule has 2 aromatic rings. The number of benzene rings is 1. The fraction of sp³-hybridized carbons (Fsp3) is 0.481. The lowest BCUT2D eigenvalue weighted by molar-refractivity contribution is -0.154. The van der Waals surface area contributed by atoms with Crippen molar-refractivity contribution >= 4 is 23.5 Å². The highest BCUT2D eigenvalue weighted by Crippen LogP contribution is 2.42. The molecule has 3 aliphatic rings. The lowest BCUT2D eigenvalue weighted by atomic mass is 9.73. The van der Waals surface area contributed by atoms with Gasteiger partial charge in [-0.3, -0.25) is 14.4 Å². The number of fused-ring (bicyclic) bond motifs is 2. The third-order valence-electron chi connectivity index (χ3n) is 7.89. The van der Waals surface area contributed by atoms with E-state index in [0.717, 1.165) is 18.4 Å². The molecule has 0 spiro atoms. The Balaban J connectivity index is 1.45. The van der Waals surface area contributed by atoms with E-state index in [1.54, 1.807) is 12.1 Å². The molecule has 2 amide bonds. The first-order valence-corrected chi connectivity index (χ1v) is 12.3. The van der Waals surface area contributed by atoms with E-state index in [0.29, 0.717) is 34.8 Å². The average Bonchev–Trinajstić information content (AvgIpc) is 3.11. The van der Waals surface area contributed by atoms with Crippen molar-refractivity contribution in [1.29, 1.82) is 0 Å². The van der Waals surface area contributed by atoms with E-state index in [-0.39, 0.29) is 36.5 Å². The van der Waals surface area contributed by atoms with Gasteiger partial charge in [0, 0.05) is 36.2 Å². The largest absolute Gasteiger partial charge is 0.481 e. The number of aryl methyl sites for hydroxylation is 1. The number of carboxylic acids is 1. The number of hydrogen-bond donors (Lipinski definition) is 2. The molecule has 2 N–H and O–H groups in total. The predicted octanol–water partition coefficient (Wildman–Crippen LogP) is 3.63. The highest BCUT2D eigenvalue weighted by atomic mass is 19.1. The monoisotopic (exact) mass is 495 g/mol. The molecule has 2 heterocycles. The number of carbonyl (C=O) groups excluding carboxylic acids is 2. The molecule has 36 heavy (non-hydrogen) atoms. The number of methoxy groups -OCH3 is 1. The summed E-state index contributed by atoms with van der Waals surface area (Å²) in [5.41, 5.74) is 2.92. The van der Waals surface area contributed by atoms with Crippen LogP contribution in [-0.2, 0) is 32.6 Å². The quantitative estimate of drug-likeness (QED) is 0.656. The van der Waals surface area contributed by atoms with Crippen molar-refractivity contribution in [2.75, 3.05) is 19.0 Å². The Morgan fingerprint density at radius 3 is 2.61 bits per heavy atom. The Labute approximate surface area is 208 Å². The van der Waals surface area contributed by atoms with E-state index in [4.69, 9.17) is 4.74 Å². The zero-order valence-electron chi connectivity index (χ0n) is 20.6. The molecule has 0 unspecified atom stereocenters. The number of nitrogens with zero attached hydrogens (tertiary/aromatic N) is 2. The molecule has 1 aromatic carbocycles. The summed E-state index contributed by atoms with van der Waals surface area (Å²) in [6.07, 6.45) is 2.54. The van der Waals surface area contributed by atoms with Crippen molar-refractivity contribution in [2.45, 2.75) is 57.4 Å². The molecule has 2 aliphatic carbocycles. The van der Waals surface area contributed by atoms with Crippen LogP contribution in [0, 0.1) is 17.7 Å². The van der Waals surface area contributed by atoms with Gasteiger partial charge in [-0.05, 0) is 60.4 Å². The Morgan fingerprint density at radius 2 is 1.92 bits per heavy atom. The van der Waals surface area contributed by atoms with Crippen LogP contribution in [0.5, 0.6) is 5.88 Å². The highest BCUT2D eigenvalue weighted by Gasteiger charge is 2.45. The van der Waals surface area contributed by atoms with Crippen molar-refractivity contribution in [3.05, 3.63) is 52.5 Å². The van der Waals surface area contributed by atoms with Gasteiger partial charge >= 0.3 is 5.97 Å². The van der Waals surface area contributed by atoms with Gasteiger partial charge in [0.2, 0.25) is 11.8 Å². The number of amides is 2. The average molecular weight is 496 g/mol. The third kappa shape index (κ3) is 4.10. The van der Waals surface area contributed by atoms with E-state index >= 15 is 4.39 Å². The van der Waals surface area contributed by atoms with Gasteiger partial charge in [-0.1, -0.05) is 13.8 Å². The van der Waals surface area contributed by atoms with Crippen LogP contribution >= 0.6 is 0 Å². The summed E-state index contributed by atoms with van der Waals surface area (Å²) in [6.45, 7) is 4.30. The molecule has 1 aliphatic heterocycles. The molecule has 8 nitrogen and oxygen atoms in total. The van der Waals surface area contributed by atoms with Crippen LogP contribution in [0.2, 0.25) is 0 Å². The van der Waals surface area contributed by atoms with Crippen LogP contribution < -0.4 is 10.1 Å². The van der Waals surface area contributed by atoms with E-state index in [9.17, 15) is 19.5 Å². The molecular weight excluding hydrogens is 465 g/mol. The minimum Gasteiger partial charge on any atom is -0.481 e. The summed E-state index contributed by atoms with van der Waals surface area (Å²) < 4.78 is 20.3. The van der Waals surface area contributed by atoms with Crippen LogP contribution in [0.1, 0.15) is 61.5 Å². The van der Waals surface area contributed by atoms with Gasteiger partial charge in [-0.25, -0.2) is 9.37 Å². The number of nitrogens with one attached hydrogen (secondary N) is 1.